The Morgan fingerprint density at radius 1 is 1.20 bits per heavy atom. The smallest absolute Gasteiger partial charge is 0.261 e. The Kier molecular flexibility index (Phi) is 7.15. The lowest BCUT2D eigenvalue weighted by Gasteiger charge is -2.25. The SMILES string of the molecule is Cc1cc(OCC(=O)N(Cc2nc(-c3ccc(Cl)cc3)no2)C(C)C)c(C)cc1Br. The van der Waals surface area contributed by atoms with E-state index in [1.165, 1.54) is 0 Å². The van der Waals surface area contributed by atoms with Crippen LogP contribution >= 0.6 is 27.5 Å². The van der Waals surface area contributed by atoms with Crippen molar-refractivity contribution in [2.24, 2.45) is 0 Å². The Hall–Kier alpha value is -2.38. The summed E-state index contributed by atoms with van der Waals surface area (Å²) in [6.45, 7) is 7.93. The van der Waals surface area contributed by atoms with E-state index < -0.39 is 0 Å². The third-order valence-electron chi connectivity index (χ3n) is 4.63. The minimum atomic E-state index is -0.156. The van der Waals surface area contributed by atoms with Gasteiger partial charge in [0.15, 0.2) is 6.61 Å². The molecule has 158 valence electrons. The molecular weight excluding hydrogens is 470 g/mol. The molecule has 3 aromatic rings. The van der Waals surface area contributed by atoms with Gasteiger partial charge in [0.1, 0.15) is 12.3 Å². The molecule has 1 amide bonds. The van der Waals surface area contributed by atoms with Gasteiger partial charge in [-0.1, -0.05) is 32.7 Å². The lowest BCUT2D eigenvalue weighted by atomic mass is 10.1. The third-order valence-corrected chi connectivity index (χ3v) is 5.73. The van der Waals surface area contributed by atoms with Crippen LogP contribution < -0.4 is 4.74 Å². The maximum atomic E-state index is 12.8. The molecule has 1 aromatic heterocycles. The number of amides is 1. The van der Waals surface area contributed by atoms with E-state index >= 15 is 0 Å². The first-order chi connectivity index (χ1) is 14.2. The van der Waals surface area contributed by atoms with Gasteiger partial charge in [0, 0.05) is 21.1 Å². The standard InChI is InChI=1S/C22H23BrClN3O3/c1-13(2)27(21(28)12-29-19-10-14(3)18(23)9-15(19)4)11-20-25-22(26-30-20)16-5-7-17(24)8-6-16/h5-10,13H,11-12H2,1-4H3. The second-order valence-electron chi connectivity index (χ2n) is 7.29. The van der Waals surface area contributed by atoms with Gasteiger partial charge in [-0.15, -0.1) is 0 Å². The first-order valence-corrected chi connectivity index (χ1v) is 10.7. The topological polar surface area (TPSA) is 68.5 Å². The van der Waals surface area contributed by atoms with E-state index in [0.717, 1.165) is 21.2 Å². The molecule has 0 bridgehead atoms. The van der Waals surface area contributed by atoms with Crippen molar-refractivity contribution in [2.45, 2.75) is 40.3 Å². The summed E-state index contributed by atoms with van der Waals surface area (Å²) in [5.41, 5.74) is 2.80. The summed E-state index contributed by atoms with van der Waals surface area (Å²) in [5.74, 6) is 1.35. The van der Waals surface area contributed by atoms with Gasteiger partial charge in [0.2, 0.25) is 11.7 Å². The Morgan fingerprint density at radius 2 is 1.90 bits per heavy atom. The van der Waals surface area contributed by atoms with Crippen LogP contribution in [-0.2, 0) is 11.3 Å². The van der Waals surface area contributed by atoms with Crippen LogP contribution in [0.4, 0.5) is 0 Å². The molecule has 0 N–H and O–H groups in total. The molecule has 0 atom stereocenters. The summed E-state index contributed by atoms with van der Waals surface area (Å²) in [7, 11) is 0. The second kappa shape index (κ2) is 9.62. The Balaban J connectivity index is 1.68. The van der Waals surface area contributed by atoms with Crippen molar-refractivity contribution >= 4 is 33.4 Å². The second-order valence-corrected chi connectivity index (χ2v) is 8.58. The number of carbonyl (C=O) groups excluding carboxylic acids is 1. The minimum Gasteiger partial charge on any atom is -0.483 e. The van der Waals surface area contributed by atoms with Crippen LogP contribution in [0, 0.1) is 13.8 Å². The van der Waals surface area contributed by atoms with Gasteiger partial charge in [-0.05, 0) is 75.2 Å². The van der Waals surface area contributed by atoms with Gasteiger partial charge in [0.25, 0.3) is 5.91 Å². The monoisotopic (exact) mass is 491 g/mol. The fourth-order valence-electron chi connectivity index (χ4n) is 2.87. The Morgan fingerprint density at radius 3 is 2.57 bits per heavy atom. The highest BCUT2D eigenvalue weighted by Gasteiger charge is 2.21. The first kappa shape index (κ1) is 22.3. The molecule has 0 aliphatic heterocycles. The average Bonchev–Trinajstić information content (AvgIpc) is 3.16. The summed E-state index contributed by atoms with van der Waals surface area (Å²) in [4.78, 5) is 18.9. The summed E-state index contributed by atoms with van der Waals surface area (Å²) in [5, 5.41) is 4.64. The number of benzene rings is 2. The summed E-state index contributed by atoms with van der Waals surface area (Å²) in [6.07, 6.45) is 0. The highest BCUT2D eigenvalue weighted by Crippen LogP contribution is 2.26. The number of carbonyl (C=O) groups is 1. The van der Waals surface area contributed by atoms with Crippen LogP contribution in [0.5, 0.6) is 5.75 Å². The van der Waals surface area contributed by atoms with E-state index in [-0.39, 0.29) is 25.1 Å². The Bertz CT molecular complexity index is 1030. The van der Waals surface area contributed by atoms with Crippen LogP contribution in [0.15, 0.2) is 45.4 Å². The minimum absolute atomic E-state index is 0.0558. The van der Waals surface area contributed by atoms with Gasteiger partial charge >= 0.3 is 0 Å². The number of aryl methyl sites for hydroxylation is 2. The van der Waals surface area contributed by atoms with Crippen molar-refractivity contribution in [1.29, 1.82) is 0 Å². The van der Waals surface area contributed by atoms with Gasteiger partial charge < -0.3 is 14.2 Å². The number of ether oxygens (including phenoxy) is 1. The first-order valence-electron chi connectivity index (χ1n) is 9.52. The fourth-order valence-corrected chi connectivity index (χ4v) is 3.46. The molecule has 0 spiro atoms. The fraction of sp³-hybridized carbons (Fsp3) is 0.318. The molecular formula is C22H23BrClN3O3. The van der Waals surface area contributed by atoms with Crippen molar-refractivity contribution in [1.82, 2.24) is 15.0 Å². The van der Waals surface area contributed by atoms with Crippen molar-refractivity contribution in [2.75, 3.05) is 6.61 Å². The molecule has 6 nitrogen and oxygen atoms in total. The lowest BCUT2D eigenvalue weighted by molar-refractivity contribution is -0.136. The zero-order valence-electron chi connectivity index (χ0n) is 17.3. The summed E-state index contributed by atoms with van der Waals surface area (Å²) in [6, 6.07) is 11.0. The van der Waals surface area contributed by atoms with Crippen molar-refractivity contribution in [3.8, 4) is 17.1 Å². The largest absolute Gasteiger partial charge is 0.483 e. The lowest BCUT2D eigenvalue weighted by Crippen LogP contribution is -2.39. The van der Waals surface area contributed by atoms with Gasteiger partial charge in [-0.3, -0.25) is 4.79 Å². The molecule has 3 rings (SSSR count). The number of halogens is 2. The summed E-state index contributed by atoms with van der Waals surface area (Å²) < 4.78 is 12.2. The van der Waals surface area contributed by atoms with Crippen LogP contribution in [-0.4, -0.2) is 33.6 Å². The zero-order valence-corrected chi connectivity index (χ0v) is 19.6. The molecule has 0 saturated carbocycles. The normalized spacial score (nSPS) is 11.0. The van der Waals surface area contributed by atoms with E-state index in [9.17, 15) is 4.79 Å². The molecule has 0 saturated heterocycles. The number of nitrogens with zero attached hydrogens (tertiary/aromatic N) is 3. The average molecular weight is 493 g/mol. The van der Waals surface area contributed by atoms with Crippen LogP contribution in [0.1, 0.15) is 30.9 Å². The highest BCUT2D eigenvalue weighted by molar-refractivity contribution is 9.10. The van der Waals surface area contributed by atoms with Crippen molar-refractivity contribution in [3.63, 3.8) is 0 Å². The number of hydrogen-bond donors (Lipinski definition) is 0. The van der Waals surface area contributed by atoms with E-state index in [0.29, 0.717) is 22.5 Å². The number of rotatable bonds is 7. The van der Waals surface area contributed by atoms with E-state index in [1.54, 1.807) is 17.0 Å². The van der Waals surface area contributed by atoms with Crippen LogP contribution in [0.25, 0.3) is 11.4 Å². The van der Waals surface area contributed by atoms with Crippen LogP contribution in [0.3, 0.4) is 0 Å². The van der Waals surface area contributed by atoms with Crippen LogP contribution in [0.2, 0.25) is 5.02 Å². The number of aromatic nitrogens is 2. The molecule has 8 heteroatoms. The zero-order chi connectivity index (χ0) is 21.8. The highest BCUT2D eigenvalue weighted by atomic mass is 79.9. The van der Waals surface area contributed by atoms with E-state index in [4.69, 9.17) is 20.9 Å². The predicted octanol–water partition coefficient (Wildman–Crippen LogP) is 5.59. The maximum absolute atomic E-state index is 12.8. The summed E-state index contributed by atoms with van der Waals surface area (Å²) >= 11 is 9.42. The quantitative estimate of drug-likeness (QED) is 0.430. The molecule has 2 aromatic carbocycles. The predicted molar refractivity (Wildman–Crippen MR) is 120 cm³/mol. The van der Waals surface area contributed by atoms with Crippen molar-refractivity contribution < 1.29 is 14.1 Å². The third kappa shape index (κ3) is 5.40. The van der Waals surface area contributed by atoms with Gasteiger partial charge in [0.05, 0.1) is 0 Å². The molecule has 0 radical (unpaired) electrons. The number of hydrogen-bond acceptors (Lipinski definition) is 5. The van der Waals surface area contributed by atoms with E-state index in [2.05, 4.69) is 26.1 Å². The van der Waals surface area contributed by atoms with Gasteiger partial charge in [-0.25, -0.2) is 0 Å². The molecule has 0 fully saturated rings. The van der Waals surface area contributed by atoms with E-state index in [1.807, 2.05) is 52.0 Å². The molecule has 0 aliphatic rings. The van der Waals surface area contributed by atoms with Crippen molar-refractivity contribution in [3.05, 3.63) is 62.9 Å². The molecule has 1 heterocycles. The molecule has 0 aliphatic carbocycles. The molecule has 0 unspecified atom stereocenters. The Labute approximate surface area is 189 Å². The maximum Gasteiger partial charge on any atom is 0.261 e. The molecule has 30 heavy (non-hydrogen) atoms. The van der Waals surface area contributed by atoms with Gasteiger partial charge in [-0.2, -0.15) is 4.98 Å².